The number of hydrogen-bond acceptors (Lipinski definition) is 29. The van der Waals surface area contributed by atoms with Crippen LogP contribution in [0.2, 0.25) is 0 Å². The molecule has 4 fully saturated rings. The maximum absolute atomic E-state index is 13.3. The van der Waals surface area contributed by atoms with E-state index < -0.39 is 46.8 Å². The molecule has 0 atom stereocenters. The van der Waals surface area contributed by atoms with Gasteiger partial charge in [0.05, 0.1) is 133 Å². The Labute approximate surface area is 764 Å². The number of H-pyrrole nitrogens is 6. The minimum Gasteiger partial charge on any atom is -0.494 e. The fourth-order valence-electron chi connectivity index (χ4n) is 16.0. The van der Waals surface area contributed by atoms with Crippen LogP contribution in [-0.2, 0) is 33.3 Å². The summed E-state index contributed by atoms with van der Waals surface area (Å²) in [6.07, 6.45) is 11.5. The first kappa shape index (κ1) is 90.3. The van der Waals surface area contributed by atoms with Crippen molar-refractivity contribution in [1.29, 1.82) is 5.26 Å². The fourth-order valence-corrected chi connectivity index (χ4v) is 16.0. The number of benzene rings is 4. The number of nitrogens with zero attached hydrogens (tertiary/aromatic N) is 23. The number of aryl methyl sites for hydroxylation is 2. The van der Waals surface area contributed by atoms with Crippen LogP contribution in [-0.4, -0.2) is 339 Å². The predicted octanol–water partition coefficient (Wildman–Crippen LogP) is 3.81. The first-order chi connectivity index (χ1) is 65.6. The van der Waals surface area contributed by atoms with Gasteiger partial charge in [0, 0.05) is 152 Å². The Balaban J connectivity index is 0.000000131. The van der Waals surface area contributed by atoms with Gasteiger partial charge >= 0.3 is 5.82 Å². The van der Waals surface area contributed by atoms with Crippen molar-refractivity contribution in [3.8, 4) is 63.6 Å². The van der Waals surface area contributed by atoms with Crippen LogP contribution in [0.5, 0.6) is 23.0 Å². The molecule has 4 aliphatic heterocycles. The molecule has 0 spiro atoms. The predicted molar refractivity (Wildman–Crippen MR) is 476 cm³/mol. The van der Waals surface area contributed by atoms with Crippen molar-refractivity contribution < 1.29 is 81.2 Å². The molecule has 11 aromatic heterocycles. The third-order valence-corrected chi connectivity index (χ3v) is 23.1. The number of methoxy groups -OCH3 is 4. The topological polar surface area (TPSA) is 550 Å². The molecule has 8 amide bonds. The number of pyridine rings is 4. The van der Waals surface area contributed by atoms with E-state index in [0.29, 0.717) is 164 Å². The summed E-state index contributed by atoms with van der Waals surface area (Å²) in [7, 11) is 9.17. The second-order valence-corrected chi connectivity index (χ2v) is 30.8. The average Bonchev–Trinajstić information content (AvgIpc) is 1.63. The number of Topliss-reactive ketones (excluding diaryl/α,β-unsaturated/α-hetero) is 4. The highest BCUT2D eigenvalue weighted by atomic mass is 16.5. The van der Waals surface area contributed by atoms with E-state index in [2.05, 4.69) is 91.4 Å². The number of nitriles is 1. The zero-order valence-corrected chi connectivity index (χ0v) is 73.3. The molecule has 0 aliphatic carbocycles. The highest BCUT2D eigenvalue weighted by Crippen LogP contribution is 2.38. The Kier molecular flexibility index (Phi) is 26.7. The van der Waals surface area contributed by atoms with Crippen LogP contribution in [0.25, 0.3) is 78.2 Å². The second kappa shape index (κ2) is 39.9. The molecular weight excluding hydrogens is 1740 g/mol. The van der Waals surface area contributed by atoms with E-state index in [-0.39, 0.29) is 116 Å². The number of piperazine rings is 4. The van der Waals surface area contributed by atoms with E-state index in [1.807, 2.05) is 54.6 Å². The zero-order valence-electron chi connectivity index (χ0n) is 73.3. The summed E-state index contributed by atoms with van der Waals surface area (Å²) in [5.41, 5.74) is 6.07. The molecule has 45 nitrogen and oxygen atoms in total. The summed E-state index contributed by atoms with van der Waals surface area (Å²) in [6.45, 7) is 4.85. The summed E-state index contributed by atoms with van der Waals surface area (Å²) in [5, 5.41) is 47.1. The lowest BCUT2D eigenvalue weighted by atomic mass is 10.1. The van der Waals surface area contributed by atoms with E-state index >= 15 is 0 Å². The summed E-state index contributed by atoms with van der Waals surface area (Å²) in [4.78, 5) is 198. The number of carbonyl (C=O) groups is 12. The van der Waals surface area contributed by atoms with Crippen molar-refractivity contribution in [3.63, 3.8) is 0 Å². The van der Waals surface area contributed by atoms with Crippen molar-refractivity contribution in [2.75, 3.05) is 133 Å². The lowest BCUT2D eigenvalue weighted by Gasteiger charge is -2.34. The van der Waals surface area contributed by atoms with Crippen molar-refractivity contribution in [2.24, 2.45) is 14.1 Å². The molecule has 0 bridgehead atoms. The molecular formula is C90H84N29O16+. The smallest absolute Gasteiger partial charge is 0.352 e. The molecule has 45 heteroatoms. The van der Waals surface area contributed by atoms with E-state index in [0.717, 1.165) is 0 Å². The lowest BCUT2D eigenvalue weighted by Crippen LogP contribution is -2.52. The van der Waals surface area contributed by atoms with Crippen LogP contribution in [0, 0.1) is 11.3 Å². The fraction of sp³-hybridized carbons (Fsp3) is 0.244. The van der Waals surface area contributed by atoms with Gasteiger partial charge in [0.15, 0.2) is 16.6 Å². The van der Waals surface area contributed by atoms with Crippen LogP contribution in [0.1, 0.15) is 88.6 Å². The van der Waals surface area contributed by atoms with Gasteiger partial charge in [0.1, 0.15) is 45.6 Å². The number of aromatic nitrogens is 20. The summed E-state index contributed by atoms with van der Waals surface area (Å²) < 4.78 is 23.1. The molecule has 0 saturated carbocycles. The molecule has 0 unspecified atom stereocenters. The van der Waals surface area contributed by atoms with E-state index in [4.69, 9.17) is 18.9 Å². The highest BCUT2D eigenvalue weighted by molar-refractivity contribution is 6.47. The standard InChI is InChI=1S/2C23H22N8O4.C22H20N8O4.C22H19N5O4/c1-29-21(26-27-28-29)19-18-17(16(35-2)13-25-19)15(12-24-18)20(32)23(34)31-10-8-30(9-11-31)22(33)14-6-4-3-5-7-14;1-29-27-21(26-28-29)19-18-17(16(35-2)13-25-19)15(12-24-18)20(32)23(34)31-10-8-30(9-11-31)22(33)14-6-4-3-5-7-14;1-34-15-12-24-18(20-25-27-28-26-20)17-16(15)14(11-23-17)19(31)22(33)30-9-7-29(8-10-30)21(32)13-5-3-2-4-6-13;1-31-17-13-24-16(11-23)19-18(17)15(12-25-19)20(28)22(30)27-9-7-26(8-10-27)21(29)14-5-3-2-4-6-14/h3-7,12-13H,8-11H2,1-2H3,(H,24,25,26,28,32);3-7,12-13,24H,8-11H2,1-2H3;2-6,11-12,23H,7-10H2,1H3,(H,25,26,27,28);2-6,12-13,25H,7-10H2,1H3/p+1. The Bertz CT molecular complexity index is 7080. The van der Waals surface area contributed by atoms with Crippen LogP contribution in [0.4, 0.5) is 0 Å². The van der Waals surface area contributed by atoms with Gasteiger partial charge in [-0.05, 0) is 59.0 Å². The van der Waals surface area contributed by atoms with Gasteiger partial charge in [-0.25, -0.2) is 19.9 Å². The molecule has 6 N–H and O–H groups in total. The Hall–Kier alpha value is -18.0. The molecule has 15 aromatic rings. The van der Waals surface area contributed by atoms with Gasteiger partial charge in [-0.1, -0.05) is 78.0 Å². The first-order valence-corrected chi connectivity index (χ1v) is 42.1. The van der Waals surface area contributed by atoms with Crippen LogP contribution in [0.3, 0.4) is 0 Å². The van der Waals surface area contributed by atoms with Crippen molar-refractivity contribution in [2.45, 2.75) is 0 Å². The molecule has 4 aromatic carbocycles. The number of amides is 8. The van der Waals surface area contributed by atoms with Gasteiger partial charge < -0.3 is 78.1 Å². The van der Waals surface area contributed by atoms with E-state index in [9.17, 15) is 62.8 Å². The molecule has 15 heterocycles. The number of ketones is 4. The number of rotatable bonds is 19. The minimum absolute atomic E-state index is 0.0913. The van der Waals surface area contributed by atoms with Crippen molar-refractivity contribution in [1.82, 2.24) is 135 Å². The lowest BCUT2D eigenvalue weighted by molar-refractivity contribution is -0.721. The molecule has 4 saturated heterocycles. The maximum atomic E-state index is 13.3. The normalized spacial score (nSPS) is 13.8. The number of aromatic amines is 6. The van der Waals surface area contributed by atoms with Gasteiger partial charge in [-0.2, -0.15) is 20.0 Å². The number of hydrogen-bond donors (Lipinski definition) is 6. The highest BCUT2D eigenvalue weighted by Gasteiger charge is 2.38. The third kappa shape index (κ3) is 18.4. The van der Waals surface area contributed by atoms with Gasteiger partial charge in [0.2, 0.25) is 11.6 Å². The maximum Gasteiger partial charge on any atom is 0.352 e. The number of fused-ring (bicyclic) bond motifs is 4. The van der Waals surface area contributed by atoms with Crippen molar-refractivity contribution >= 4 is 114 Å². The van der Waals surface area contributed by atoms with Gasteiger partial charge in [-0.3, -0.25) is 57.5 Å². The monoisotopic (exact) mass is 1830 g/mol. The van der Waals surface area contributed by atoms with Crippen LogP contribution < -0.4 is 23.6 Å². The summed E-state index contributed by atoms with van der Waals surface area (Å²) in [6, 6.07) is 37.8. The van der Waals surface area contributed by atoms with E-state index in [1.54, 1.807) is 111 Å². The van der Waals surface area contributed by atoms with Gasteiger partial charge in [-0.15, -0.1) is 20.4 Å². The van der Waals surface area contributed by atoms with Gasteiger partial charge in [0.25, 0.3) is 70.4 Å². The van der Waals surface area contributed by atoms with E-state index in [1.165, 1.54) is 102 Å². The number of tetrazole rings is 3. The molecule has 19 rings (SSSR count). The summed E-state index contributed by atoms with van der Waals surface area (Å²) in [5.74, 6) is -3.43. The largest absolute Gasteiger partial charge is 0.494 e. The van der Waals surface area contributed by atoms with Crippen LogP contribution in [0.15, 0.2) is 171 Å². The Morgan fingerprint density at radius 2 is 0.659 bits per heavy atom. The summed E-state index contributed by atoms with van der Waals surface area (Å²) >= 11 is 0. The Morgan fingerprint density at radius 1 is 0.363 bits per heavy atom. The first-order valence-electron chi connectivity index (χ1n) is 42.1. The zero-order chi connectivity index (χ0) is 94.7. The SMILES string of the molecule is COc1cnc(-c2nn[nH][n+]2C)c2[nH]cc(C(=O)C(=O)N3CCN(C(=O)c4ccccc4)CC3)c12.COc1cnc(-c2nn[nH]n2)c2[nH]cc(C(=O)C(=O)N3CCN(C(=O)c4ccccc4)CC3)c12.COc1cnc(-c2nnn(C)n2)c2[nH]cc(C(=O)C(=O)N3CCN(C(=O)c4ccccc4)CC3)c12.COc1cnc(C#N)c2[nH]cc(C(=O)C(=O)N3CCN(C(=O)c4ccccc4)CC3)c12. The van der Waals surface area contributed by atoms with Crippen molar-refractivity contribution in [3.05, 3.63) is 221 Å². The average molecular weight is 1830 g/mol. The number of nitrogens with one attached hydrogen (secondary N) is 6. The molecule has 684 valence electrons. The molecule has 0 radical (unpaired) electrons. The molecule has 135 heavy (non-hydrogen) atoms. The number of carbonyl (C=O) groups excluding carboxylic acids is 12. The quantitative estimate of drug-likeness (QED) is 0.0381. The Morgan fingerprint density at radius 3 is 0.948 bits per heavy atom. The van der Waals surface area contributed by atoms with Crippen LogP contribution >= 0.6 is 0 Å². The number of ether oxygens (including phenoxy) is 4. The second-order valence-electron chi connectivity index (χ2n) is 30.8. The molecule has 4 aliphatic rings. The minimum atomic E-state index is -0.706. The third-order valence-electron chi connectivity index (χ3n) is 23.1.